The summed E-state index contributed by atoms with van der Waals surface area (Å²) in [5.74, 6) is 0. The summed E-state index contributed by atoms with van der Waals surface area (Å²) in [6, 6.07) is 0. The van der Waals surface area contributed by atoms with Crippen molar-refractivity contribution in [1.29, 1.82) is 0 Å². The van der Waals surface area contributed by atoms with E-state index in [0.717, 1.165) is 0 Å². The van der Waals surface area contributed by atoms with E-state index >= 15 is 0 Å². The molecule has 0 N–H and O–H groups in total. The van der Waals surface area contributed by atoms with Crippen LogP contribution in [0.2, 0.25) is 0 Å². The third-order valence-electron chi connectivity index (χ3n) is 2.00. The van der Waals surface area contributed by atoms with Crippen LogP contribution >= 0.6 is 0 Å². The van der Waals surface area contributed by atoms with Gasteiger partial charge in [-0.2, -0.15) is 0 Å². The minimum absolute atomic E-state index is 0. The van der Waals surface area contributed by atoms with Gasteiger partial charge in [0.1, 0.15) is 0 Å². The minimum atomic E-state index is 0. The van der Waals surface area contributed by atoms with Gasteiger partial charge in [-0.3, -0.25) is 0 Å². The Morgan fingerprint density at radius 2 is 0.538 bits per heavy atom. The predicted molar refractivity (Wildman–Crippen MR) is 55.1 cm³/mol. The fraction of sp³-hybridized carbons (Fsp3) is 0.500. The van der Waals surface area contributed by atoms with Crippen LogP contribution in [0.1, 0.15) is 38.5 Å². The zero-order valence-corrected chi connectivity index (χ0v) is 9.01. The Labute approximate surface area is 91.7 Å². The monoisotopic (exact) mass is 220 g/mol. The molecule has 1 aliphatic rings. The summed E-state index contributed by atoms with van der Waals surface area (Å²) >= 11 is 0. The quantitative estimate of drug-likeness (QED) is 0.428. The Morgan fingerprint density at radius 1 is 0.385 bits per heavy atom. The molecule has 0 radical (unpaired) electrons. The van der Waals surface area contributed by atoms with E-state index in [2.05, 4.69) is 36.5 Å². The van der Waals surface area contributed by atoms with Gasteiger partial charge in [0.2, 0.25) is 0 Å². The molecule has 1 rings (SSSR count). The maximum atomic E-state index is 2.29. The van der Waals surface area contributed by atoms with Crippen LogP contribution < -0.4 is 0 Å². The summed E-state index contributed by atoms with van der Waals surface area (Å²) in [7, 11) is 0. The number of hydrogen-bond donors (Lipinski definition) is 0. The fourth-order valence-corrected chi connectivity index (χ4v) is 1.28. The molecule has 0 aromatic rings. The van der Waals surface area contributed by atoms with E-state index in [4.69, 9.17) is 0 Å². The van der Waals surface area contributed by atoms with Gasteiger partial charge in [-0.1, -0.05) is 36.5 Å². The largest absolute Gasteiger partial charge is 2.00 e. The second-order valence-corrected chi connectivity index (χ2v) is 3.15. The molecule has 0 saturated heterocycles. The average Bonchev–Trinajstić information content (AvgIpc) is 2.05. The fourth-order valence-electron chi connectivity index (χ4n) is 1.28. The molecule has 0 aromatic heterocycles. The van der Waals surface area contributed by atoms with Crippen LogP contribution in [0.5, 0.6) is 0 Å². The first-order valence-corrected chi connectivity index (χ1v) is 4.95. The summed E-state index contributed by atoms with van der Waals surface area (Å²) in [4.78, 5) is 0. The van der Waals surface area contributed by atoms with Gasteiger partial charge in [0, 0.05) is 0 Å². The van der Waals surface area contributed by atoms with Crippen molar-refractivity contribution in [3.8, 4) is 0 Å². The molecule has 0 nitrogen and oxygen atoms in total. The Balaban J connectivity index is 0.00000144. The molecular formula is C12H18Ni+2. The Bertz CT molecular complexity index is 126. The summed E-state index contributed by atoms with van der Waals surface area (Å²) in [6.45, 7) is 0. The molecule has 0 amide bonds. The van der Waals surface area contributed by atoms with Crippen LogP contribution in [0.3, 0.4) is 0 Å². The Morgan fingerprint density at radius 3 is 0.692 bits per heavy atom. The summed E-state index contributed by atoms with van der Waals surface area (Å²) in [5.41, 5.74) is 0. The number of hydrogen-bond acceptors (Lipinski definition) is 0. The number of allylic oxidation sites excluding steroid dienone is 6. The van der Waals surface area contributed by atoms with Gasteiger partial charge < -0.3 is 0 Å². The molecule has 13 heavy (non-hydrogen) atoms. The zero-order valence-electron chi connectivity index (χ0n) is 8.02. The minimum Gasteiger partial charge on any atom is -0.0882 e. The van der Waals surface area contributed by atoms with E-state index in [1.54, 1.807) is 0 Å². The van der Waals surface area contributed by atoms with Crippen molar-refractivity contribution in [3.63, 3.8) is 0 Å². The van der Waals surface area contributed by atoms with Gasteiger partial charge >= 0.3 is 16.5 Å². The smallest absolute Gasteiger partial charge is 0.0882 e. The third kappa shape index (κ3) is 8.05. The standard InChI is InChI=1S/C12H18.Ni/c1-2-4-6-8-10-12-11-9-7-5-3-1;/h1-2,7-10H,3-6,11-12H2;/q;+2/b2-1+,9-7+,10-8+;. The number of rotatable bonds is 0. The van der Waals surface area contributed by atoms with Crippen LogP contribution in [0.15, 0.2) is 36.5 Å². The van der Waals surface area contributed by atoms with E-state index < -0.39 is 0 Å². The molecule has 1 heteroatoms. The molecule has 0 aromatic carbocycles. The molecule has 1 aliphatic carbocycles. The first kappa shape index (κ1) is 12.7. The molecule has 0 aliphatic heterocycles. The van der Waals surface area contributed by atoms with Gasteiger partial charge in [-0.15, -0.1) is 0 Å². The van der Waals surface area contributed by atoms with Crippen molar-refractivity contribution in [2.45, 2.75) is 38.5 Å². The van der Waals surface area contributed by atoms with Gasteiger partial charge in [0.25, 0.3) is 0 Å². The average molecular weight is 221 g/mol. The van der Waals surface area contributed by atoms with E-state index in [1.807, 2.05) is 0 Å². The van der Waals surface area contributed by atoms with Crippen molar-refractivity contribution in [1.82, 2.24) is 0 Å². The summed E-state index contributed by atoms with van der Waals surface area (Å²) in [6.07, 6.45) is 21.0. The molecule has 0 unspecified atom stereocenters. The van der Waals surface area contributed by atoms with Crippen LogP contribution in [-0.2, 0) is 16.5 Å². The van der Waals surface area contributed by atoms with Crippen molar-refractivity contribution < 1.29 is 16.5 Å². The topological polar surface area (TPSA) is 0 Å². The van der Waals surface area contributed by atoms with Crippen LogP contribution in [-0.4, -0.2) is 0 Å². The molecule has 0 bridgehead atoms. The molecule has 0 saturated carbocycles. The summed E-state index contributed by atoms with van der Waals surface area (Å²) < 4.78 is 0. The van der Waals surface area contributed by atoms with Gasteiger partial charge in [0.05, 0.1) is 0 Å². The van der Waals surface area contributed by atoms with Gasteiger partial charge in [-0.25, -0.2) is 0 Å². The van der Waals surface area contributed by atoms with Crippen molar-refractivity contribution in [3.05, 3.63) is 36.5 Å². The first-order valence-electron chi connectivity index (χ1n) is 4.95. The zero-order chi connectivity index (χ0) is 8.49. The molecule has 0 fully saturated rings. The van der Waals surface area contributed by atoms with E-state index in [9.17, 15) is 0 Å². The SMILES string of the molecule is C1=C/CC/C=C/CC/C=C/CC/1.[Ni+2]. The van der Waals surface area contributed by atoms with Gasteiger partial charge in [0.15, 0.2) is 0 Å². The van der Waals surface area contributed by atoms with E-state index in [0.29, 0.717) is 0 Å². The van der Waals surface area contributed by atoms with Crippen LogP contribution in [0.25, 0.3) is 0 Å². The molecule has 0 atom stereocenters. The van der Waals surface area contributed by atoms with E-state index in [-0.39, 0.29) is 16.5 Å². The second kappa shape index (κ2) is 9.80. The van der Waals surface area contributed by atoms with Crippen LogP contribution in [0.4, 0.5) is 0 Å². The molecular weight excluding hydrogens is 203 g/mol. The molecule has 74 valence electrons. The second-order valence-electron chi connectivity index (χ2n) is 3.15. The van der Waals surface area contributed by atoms with Crippen molar-refractivity contribution >= 4 is 0 Å². The third-order valence-corrected chi connectivity index (χ3v) is 2.00. The predicted octanol–water partition coefficient (Wildman–Crippen LogP) is 4.01. The first-order chi connectivity index (χ1) is 6.00. The van der Waals surface area contributed by atoms with Crippen molar-refractivity contribution in [2.24, 2.45) is 0 Å². The maximum Gasteiger partial charge on any atom is 2.00 e. The van der Waals surface area contributed by atoms with E-state index in [1.165, 1.54) is 38.5 Å². The van der Waals surface area contributed by atoms with Crippen molar-refractivity contribution in [2.75, 3.05) is 0 Å². The Kier molecular flexibility index (Phi) is 9.58. The van der Waals surface area contributed by atoms with Crippen LogP contribution in [0, 0.1) is 0 Å². The molecule has 0 spiro atoms. The molecule has 0 heterocycles. The maximum absolute atomic E-state index is 2.29. The normalized spacial score (nSPS) is 25.8. The van der Waals surface area contributed by atoms with Gasteiger partial charge in [-0.05, 0) is 38.5 Å². The summed E-state index contributed by atoms with van der Waals surface area (Å²) in [5, 5.41) is 0. The Hall–Kier alpha value is -0.286.